The Morgan fingerprint density at radius 3 is 2.62 bits per heavy atom. The molecule has 0 spiro atoms. The van der Waals surface area contributed by atoms with Gasteiger partial charge in [-0.05, 0) is 99.1 Å². The third-order valence-corrected chi connectivity index (χ3v) is 14.0. The summed E-state index contributed by atoms with van der Waals surface area (Å²) >= 11 is 0. The number of halogens is 2. The molecule has 1 aliphatic carbocycles. The molecule has 5 aromatic rings. The zero-order chi connectivity index (χ0) is 44.1. The van der Waals surface area contributed by atoms with Crippen molar-refractivity contribution < 1.29 is 32.6 Å². The van der Waals surface area contributed by atoms with Crippen LogP contribution in [0, 0.1) is 17.8 Å². The van der Waals surface area contributed by atoms with Gasteiger partial charge >= 0.3 is 5.69 Å². The summed E-state index contributed by atoms with van der Waals surface area (Å²) in [4.78, 5) is 60.5. The number of anilines is 2. The summed E-state index contributed by atoms with van der Waals surface area (Å²) < 4.78 is 45.4. The molecular weight excluding hydrogens is 825 g/mol. The predicted octanol–water partition coefficient (Wildman–Crippen LogP) is 5.33. The van der Waals surface area contributed by atoms with E-state index in [1.807, 2.05) is 24.3 Å². The van der Waals surface area contributed by atoms with E-state index in [0.29, 0.717) is 34.8 Å². The molecule has 7 heterocycles. The van der Waals surface area contributed by atoms with Gasteiger partial charge in [-0.3, -0.25) is 28.8 Å². The lowest BCUT2D eigenvalue weighted by Gasteiger charge is -2.36. The van der Waals surface area contributed by atoms with E-state index >= 15 is 0 Å². The second kappa shape index (κ2) is 17.5. The second-order valence-corrected chi connectivity index (χ2v) is 17.9. The van der Waals surface area contributed by atoms with Crippen molar-refractivity contribution in [3.05, 3.63) is 87.6 Å². The summed E-state index contributed by atoms with van der Waals surface area (Å²) in [6.07, 6.45) is 7.79. The largest absolute Gasteiger partial charge is 0.374 e. The Hall–Kier alpha value is -5.96. The predicted molar refractivity (Wildman–Crippen MR) is 233 cm³/mol. The molecule has 3 atom stereocenters. The van der Waals surface area contributed by atoms with E-state index in [2.05, 4.69) is 37.4 Å². The molecule has 4 aliphatic heterocycles. The van der Waals surface area contributed by atoms with Crippen LogP contribution in [0.5, 0.6) is 0 Å². The van der Waals surface area contributed by atoms with Crippen molar-refractivity contribution >= 4 is 45.9 Å². The lowest BCUT2D eigenvalue weighted by atomic mass is 9.78. The Morgan fingerprint density at radius 2 is 1.88 bits per heavy atom. The minimum Gasteiger partial charge on any atom is -0.374 e. The van der Waals surface area contributed by atoms with E-state index in [1.165, 1.54) is 19.8 Å². The van der Waals surface area contributed by atoms with Crippen LogP contribution in [0.4, 0.5) is 20.3 Å². The van der Waals surface area contributed by atoms with E-state index in [0.717, 1.165) is 82.5 Å². The van der Waals surface area contributed by atoms with Crippen molar-refractivity contribution in [2.75, 3.05) is 49.6 Å². The molecule has 3 aromatic heterocycles. The van der Waals surface area contributed by atoms with Crippen LogP contribution in [0.25, 0.3) is 16.7 Å². The highest BCUT2D eigenvalue weighted by molar-refractivity contribution is 6.08. The van der Waals surface area contributed by atoms with Crippen LogP contribution in [0.3, 0.4) is 0 Å². The van der Waals surface area contributed by atoms with Gasteiger partial charge in [-0.25, -0.2) is 23.1 Å². The maximum Gasteiger partial charge on any atom is 0.329 e. The number of carbonyl (C=O) groups is 3. The number of hydrogen-bond acceptors (Lipinski definition) is 10. The van der Waals surface area contributed by atoms with Crippen LogP contribution < -0.4 is 21.2 Å². The molecule has 334 valence electrons. The average molecular weight is 876 g/mol. The normalized spacial score (nSPS) is 24.1. The average Bonchev–Trinajstić information content (AvgIpc) is 4.10. The van der Waals surface area contributed by atoms with Crippen molar-refractivity contribution in [2.45, 2.75) is 94.4 Å². The van der Waals surface area contributed by atoms with Crippen LogP contribution >= 0.6 is 0 Å². The van der Waals surface area contributed by atoms with Gasteiger partial charge in [0.25, 0.3) is 12.3 Å². The van der Waals surface area contributed by atoms with Gasteiger partial charge in [0, 0.05) is 57.1 Å². The lowest BCUT2D eigenvalue weighted by Crippen LogP contribution is -2.44. The minimum absolute atomic E-state index is 0.0892. The number of nitrogens with zero attached hydrogens (tertiary/aromatic N) is 7. The fourth-order valence-electron chi connectivity index (χ4n) is 10.5. The fraction of sp³-hybridized carbons (Fsp3) is 0.489. The number of ether oxygens (including phenoxy) is 2. The Kier molecular flexibility index (Phi) is 11.5. The van der Waals surface area contributed by atoms with Gasteiger partial charge in [-0.2, -0.15) is 5.10 Å². The number of rotatable bonds is 10. The SMILES string of the molecule is Cn1c(=O)n(C2CCC(=O)NC2=O)c2cccc(C#CCOC3CCN(C[C@H]4CC[C@H](c5ccc(NC(=O)c6cnn7ccc(N8C[C@H]9C[C@@H]8CO9)nc67)c(C(F)F)c5)CC4)CC3)c21. The summed E-state index contributed by atoms with van der Waals surface area (Å²) in [5.74, 6) is 6.41. The molecule has 4 saturated heterocycles. The molecule has 1 saturated carbocycles. The first kappa shape index (κ1) is 42.0. The highest BCUT2D eigenvalue weighted by Gasteiger charge is 2.40. The number of nitrogens with one attached hydrogen (secondary N) is 2. The molecule has 0 radical (unpaired) electrons. The summed E-state index contributed by atoms with van der Waals surface area (Å²) in [5.41, 5.74) is 2.94. The number of fused-ring (bicyclic) bond motifs is 4. The van der Waals surface area contributed by atoms with E-state index in [4.69, 9.17) is 14.5 Å². The Bertz CT molecular complexity index is 2740. The first-order chi connectivity index (χ1) is 31.1. The molecule has 2 aromatic carbocycles. The molecule has 64 heavy (non-hydrogen) atoms. The van der Waals surface area contributed by atoms with Crippen LogP contribution in [0.15, 0.2) is 59.7 Å². The fourth-order valence-corrected chi connectivity index (χ4v) is 10.5. The number of piperidine rings is 2. The van der Waals surface area contributed by atoms with E-state index < -0.39 is 24.3 Å². The number of carbonyl (C=O) groups excluding carboxylic acids is 3. The first-order valence-corrected chi connectivity index (χ1v) is 22.4. The quantitative estimate of drug-likeness (QED) is 0.139. The maximum atomic E-state index is 14.5. The molecule has 5 aliphatic rings. The Balaban J connectivity index is 0.696. The van der Waals surface area contributed by atoms with Gasteiger partial charge in [0.15, 0.2) is 5.65 Å². The molecule has 1 unspecified atom stereocenters. The van der Waals surface area contributed by atoms with Gasteiger partial charge in [0.1, 0.15) is 24.0 Å². The zero-order valence-corrected chi connectivity index (χ0v) is 35.7. The van der Waals surface area contributed by atoms with E-state index in [-0.39, 0.29) is 72.0 Å². The topological polar surface area (TPSA) is 157 Å². The number of imide groups is 1. The van der Waals surface area contributed by atoms with Gasteiger partial charge < -0.3 is 24.6 Å². The standard InChI is InChI=1S/C47H51F2N9O6/c1-54-42-30(4-2-6-38(42)58(47(54)62)39-13-14-41(59)53-46(39)61)5-3-21-63-33-15-18-55(19-16-33)25-28-7-9-29(10-8-28)31-11-12-37(35(22-31)43(48)49)51-45(60)36-24-50-57-20-17-40(52-44(36)57)56-26-34-23-32(56)27-64-34/h2,4,6,11-12,17,20,22,24,28-29,32-34,39,43H,7-10,13-16,18-19,21,23,25-27H2,1H3,(H,51,60)(H,53,59,61)/t28-,29-,32-,34-,39?/m1/s1. The van der Waals surface area contributed by atoms with Gasteiger partial charge in [-0.1, -0.05) is 24.0 Å². The summed E-state index contributed by atoms with van der Waals surface area (Å²) in [5, 5.41) is 9.37. The zero-order valence-electron chi connectivity index (χ0n) is 35.7. The second-order valence-electron chi connectivity index (χ2n) is 17.9. The number of aryl methyl sites for hydroxylation is 1. The van der Waals surface area contributed by atoms with Gasteiger partial charge in [-0.15, -0.1) is 0 Å². The van der Waals surface area contributed by atoms with Crippen LogP contribution in [0.1, 0.15) is 103 Å². The van der Waals surface area contributed by atoms with E-state index in [1.54, 1.807) is 31.4 Å². The van der Waals surface area contributed by atoms with Crippen molar-refractivity contribution in [1.82, 2.24) is 33.9 Å². The van der Waals surface area contributed by atoms with Gasteiger partial charge in [0.2, 0.25) is 11.8 Å². The molecule has 3 amide bonds. The van der Waals surface area contributed by atoms with Crippen molar-refractivity contribution in [1.29, 1.82) is 0 Å². The van der Waals surface area contributed by atoms with E-state index in [9.17, 15) is 28.0 Å². The summed E-state index contributed by atoms with van der Waals surface area (Å²) in [6.45, 7) is 4.51. The number of alkyl halides is 2. The number of amides is 3. The molecule has 15 nitrogen and oxygen atoms in total. The molecular formula is C47H51F2N9O6. The number of aromatic nitrogens is 5. The smallest absolute Gasteiger partial charge is 0.329 e. The summed E-state index contributed by atoms with van der Waals surface area (Å²) in [7, 11) is 1.66. The number of benzene rings is 2. The summed E-state index contributed by atoms with van der Waals surface area (Å²) in [6, 6.07) is 11.9. The number of hydrogen-bond donors (Lipinski definition) is 2. The third kappa shape index (κ3) is 8.18. The number of para-hydroxylation sites is 1. The molecule has 5 fully saturated rings. The first-order valence-electron chi connectivity index (χ1n) is 22.4. The number of likely N-dealkylation sites (tertiary alicyclic amines) is 1. The van der Waals surface area contributed by atoms with Gasteiger partial charge in [0.05, 0.1) is 47.7 Å². The van der Waals surface area contributed by atoms with Crippen LogP contribution in [-0.4, -0.2) is 104 Å². The number of imidazole rings is 1. The van der Waals surface area contributed by atoms with Crippen molar-refractivity contribution in [3.8, 4) is 11.8 Å². The Morgan fingerprint density at radius 1 is 1.05 bits per heavy atom. The molecule has 17 heteroatoms. The Labute approximate surface area is 368 Å². The lowest BCUT2D eigenvalue weighted by molar-refractivity contribution is -0.135. The molecule has 2 N–H and O–H groups in total. The van der Waals surface area contributed by atoms with Crippen LogP contribution in [0.2, 0.25) is 0 Å². The molecule has 2 bridgehead atoms. The van der Waals surface area contributed by atoms with Crippen molar-refractivity contribution in [2.24, 2.45) is 13.0 Å². The maximum absolute atomic E-state index is 14.5. The monoisotopic (exact) mass is 875 g/mol. The minimum atomic E-state index is -2.76. The van der Waals surface area contributed by atoms with Crippen molar-refractivity contribution in [3.63, 3.8) is 0 Å². The highest BCUT2D eigenvalue weighted by Crippen LogP contribution is 2.40. The molecule has 10 rings (SSSR count). The highest BCUT2D eigenvalue weighted by atomic mass is 19.3. The number of morpholine rings is 1. The third-order valence-electron chi connectivity index (χ3n) is 14.0. The van der Waals surface area contributed by atoms with Crippen LogP contribution in [-0.2, 0) is 26.1 Å².